The van der Waals surface area contributed by atoms with Crippen LogP contribution >= 0.6 is 11.3 Å². The summed E-state index contributed by atoms with van der Waals surface area (Å²) in [7, 11) is 1.49. The molecular formula is C6H7NO4S. The first-order valence-corrected chi connectivity index (χ1v) is 3.88. The molecule has 12 heavy (non-hydrogen) atoms. The molecule has 0 unspecified atom stereocenters. The number of methoxy groups -OCH3 is 1. The molecule has 66 valence electrons. The predicted octanol–water partition coefficient (Wildman–Crippen LogP) is 0.615. The van der Waals surface area contributed by atoms with Crippen LogP contribution in [0.4, 0.5) is 0 Å². The van der Waals surface area contributed by atoms with E-state index in [1.54, 1.807) is 0 Å². The molecule has 1 heterocycles. The molecule has 0 fully saturated rings. The Kier molecular flexibility index (Phi) is 2.87. The number of hydrogen-bond donors (Lipinski definition) is 1. The van der Waals surface area contributed by atoms with E-state index in [2.05, 4.69) is 4.98 Å². The molecule has 1 rings (SSSR count). The zero-order valence-corrected chi connectivity index (χ0v) is 7.13. The fraction of sp³-hybridized carbons (Fsp3) is 0.333. The quantitative estimate of drug-likeness (QED) is 0.751. The topological polar surface area (TPSA) is 68.7 Å². The summed E-state index contributed by atoms with van der Waals surface area (Å²) in [6.45, 7) is -0.356. The van der Waals surface area contributed by atoms with Crippen LogP contribution in [0.5, 0.6) is 10.3 Å². The van der Waals surface area contributed by atoms with Crippen molar-refractivity contribution in [3.8, 4) is 10.3 Å². The number of aliphatic carboxylic acids is 1. The summed E-state index contributed by atoms with van der Waals surface area (Å²) < 4.78 is 9.61. The molecule has 0 aliphatic rings. The van der Waals surface area contributed by atoms with Gasteiger partial charge in [-0.2, -0.15) is 0 Å². The van der Waals surface area contributed by atoms with E-state index in [0.717, 1.165) is 11.3 Å². The molecule has 0 aliphatic heterocycles. The third-order valence-electron chi connectivity index (χ3n) is 0.976. The van der Waals surface area contributed by atoms with E-state index in [9.17, 15) is 4.79 Å². The van der Waals surface area contributed by atoms with Gasteiger partial charge in [-0.1, -0.05) is 0 Å². The van der Waals surface area contributed by atoms with Crippen molar-refractivity contribution in [2.75, 3.05) is 13.7 Å². The molecule has 0 saturated heterocycles. The van der Waals surface area contributed by atoms with Crippen LogP contribution in [0.25, 0.3) is 0 Å². The second kappa shape index (κ2) is 3.91. The Bertz CT molecular complexity index is 272. The Labute approximate surface area is 72.6 Å². The van der Waals surface area contributed by atoms with Gasteiger partial charge in [-0.25, -0.2) is 9.78 Å². The van der Waals surface area contributed by atoms with Gasteiger partial charge in [0.05, 0.1) is 13.3 Å². The van der Waals surface area contributed by atoms with E-state index in [4.69, 9.17) is 14.6 Å². The van der Waals surface area contributed by atoms with Crippen LogP contribution in [0.3, 0.4) is 0 Å². The Balaban J connectivity index is 2.47. The van der Waals surface area contributed by atoms with Crippen LogP contribution in [-0.4, -0.2) is 29.8 Å². The number of carboxylic acids is 1. The molecule has 0 amide bonds. The first kappa shape index (κ1) is 8.79. The average Bonchev–Trinajstić information content (AvgIpc) is 2.48. The lowest BCUT2D eigenvalue weighted by Crippen LogP contribution is -2.08. The van der Waals surface area contributed by atoms with E-state index in [1.807, 2.05) is 0 Å². The van der Waals surface area contributed by atoms with Gasteiger partial charge in [0, 0.05) is 0 Å². The lowest BCUT2D eigenvalue weighted by atomic mass is 10.7. The van der Waals surface area contributed by atoms with E-state index in [-0.39, 0.29) is 6.61 Å². The minimum absolute atomic E-state index is 0.356. The highest BCUT2D eigenvalue weighted by Gasteiger charge is 2.03. The van der Waals surface area contributed by atoms with Gasteiger partial charge in [-0.3, -0.25) is 0 Å². The summed E-state index contributed by atoms with van der Waals surface area (Å²) >= 11 is 1.16. The van der Waals surface area contributed by atoms with Crippen molar-refractivity contribution >= 4 is 17.3 Å². The summed E-state index contributed by atoms with van der Waals surface area (Å²) in [6.07, 6.45) is 1.42. The molecule has 5 nitrogen and oxygen atoms in total. The van der Waals surface area contributed by atoms with Gasteiger partial charge >= 0.3 is 5.97 Å². The maximum atomic E-state index is 10.1. The first-order chi connectivity index (χ1) is 5.72. The fourth-order valence-electron chi connectivity index (χ4n) is 0.538. The Morgan fingerprint density at radius 2 is 2.58 bits per heavy atom. The van der Waals surface area contributed by atoms with Crippen LogP contribution in [0.15, 0.2) is 6.20 Å². The van der Waals surface area contributed by atoms with Gasteiger partial charge in [0.1, 0.15) is 0 Å². The molecule has 0 aliphatic carbocycles. The van der Waals surface area contributed by atoms with E-state index >= 15 is 0 Å². The predicted molar refractivity (Wildman–Crippen MR) is 41.8 cm³/mol. The monoisotopic (exact) mass is 189 g/mol. The largest absolute Gasteiger partial charge is 0.479 e. The smallest absolute Gasteiger partial charge is 0.341 e. The zero-order valence-electron chi connectivity index (χ0n) is 6.31. The van der Waals surface area contributed by atoms with E-state index in [1.165, 1.54) is 13.3 Å². The number of carboxylic acid groups (broad SMARTS) is 1. The van der Waals surface area contributed by atoms with Crippen molar-refractivity contribution in [1.29, 1.82) is 0 Å². The highest BCUT2D eigenvalue weighted by atomic mass is 32.1. The molecular weight excluding hydrogens is 182 g/mol. The average molecular weight is 189 g/mol. The van der Waals surface area contributed by atoms with Gasteiger partial charge in [0.25, 0.3) is 5.19 Å². The summed E-state index contributed by atoms with van der Waals surface area (Å²) in [5.74, 6) is -1.01. The summed E-state index contributed by atoms with van der Waals surface area (Å²) in [4.78, 5) is 13.9. The van der Waals surface area contributed by atoms with Gasteiger partial charge in [-0.15, -0.1) is 0 Å². The van der Waals surface area contributed by atoms with Gasteiger partial charge in [0.2, 0.25) is 0 Å². The molecule has 1 N–H and O–H groups in total. The first-order valence-electron chi connectivity index (χ1n) is 3.07. The number of hydrogen-bond acceptors (Lipinski definition) is 5. The van der Waals surface area contributed by atoms with E-state index < -0.39 is 5.97 Å². The van der Waals surface area contributed by atoms with Crippen molar-refractivity contribution in [3.05, 3.63) is 6.20 Å². The molecule has 0 spiro atoms. The normalized spacial score (nSPS) is 9.42. The second-order valence-electron chi connectivity index (χ2n) is 1.83. The molecule has 1 aromatic heterocycles. The zero-order chi connectivity index (χ0) is 8.97. The van der Waals surface area contributed by atoms with Crippen molar-refractivity contribution in [1.82, 2.24) is 4.98 Å². The summed E-state index contributed by atoms with van der Waals surface area (Å²) in [5, 5.41) is 9.16. The molecule has 0 saturated carbocycles. The molecule has 0 aromatic carbocycles. The number of aromatic nitrogens is 1. The van der Waals surface area contributed by atoms with Crippen molar-refractivity contribution in [2.24, 2.45) is 0 Å². The fourth-order valence-corrected chi connectivity index (χ4v) is 1.12. The second-order valence-corrected chi connectivity index (χ2v) is 2.79. The Morgan fingerprint density at radius 1 is 1.83 bits per heavy atom. The van der Waals surface area contributed by atoms with E-state index in [0.29, 0.717) is 10.3 Å². The van der Waals surface area contributed by atoms with Crippen LogP contribution in [-0.2, 0) is 4.79 Å². The Hall–Kier alpha value is -1.30. The van der Waals surface area contributed by atoms with Gasteiger partial charge in [-0.05, 0) is 11.3 Å². The molecule has 0 bridgehead atoms. The highest BCUT2D eigenvalue weighted by molar-refractivity contribution is 7.15. The van der Waals surface area contributed by atoms with Gasteiger partial charge < -0.3 is 14.6 Å². The third-order valence-corrected chi connectivity index (χ3v) is 1.85. The third kappa shape index (κ3) is 2.39. The standard InChI is InChI=1S/C6H7NO4S/c1-10-6-7-2-5(12-6)11-3-4(8)9/h2H,3H2,1H3,(H,8,9). The summed E-state index contributed by atoms with van der Waals surface area (Å²) in [5.41, 5.74) is 0. The number of carbonyl (C=O) groups is 1. The van der Waals surface area contributed by atoms with Crippen molar-refractivity contribution in [3.63, 3.8) is 0 Å². The summed E-state index contributed by atoms with van der Waals surface area (Å²) in [6, 6.07) is 0. The molecule has 6 heteroatoms. The number of ether oxygens (including phenoxy) is 2. The van der Waals surface area contributed by atoms with Crippen LogP contribution < -0.4 is 9.47 Å². The maximum Gasteiger partial charge on any atom is 0.341 e. The lowest BCUT2D eigenvalue weighted by molar-refractivity contribution is -0.139. The SMILES string of the molecule is COc1ncc(OCC(=O)O)s1. The maximum absolute atomic E-state index is 10.1. The Morgan fingerprint density at radius 3 is 3.08 bits per heavy atom. The van der Waals surface area contributed by atoms with Crippen molar-refractivity contribution < 1.29 is 19.4 Å². The molecule has 0 radical (unpaired) electrons. The highest BCUT2D eigenvalue weighted by Crippen LogP contribution is 2.26. The van der Waals surface area contributed by atoms with Crippen LogP contribution in [0, 0.1) is 0 Å². The number of thiazole rings is 1. The van der Waals surface area contributed by atoms with Crippen molar-refractivity contribution in [2.45, 2.75) is 0 Å². The van der Waals surface area contributed by atoms with Gasteiger partial charge in [0.15, 0.2) is 11.7 Å². The molecule has 1 aromatic rings. The lowest BCUT2D eigenvalue weighted by Gasteiger charge is -1.95. The minimum Gasteiger partial charge on any atom is -0.479 e. The molecule has 0 atom stereocenters. The van der Waals surface area contributed by atoms with Crippen LogP contribution in [0.2, 0.25) is 0 Å². The number of rotatable bonds is 4. The number of nitrogens with zero attached hydrogens (tertiary/aromatic N) is 1. The van der Waals surface area contributed by atoms with Crippen LogP contribution in [0.1, 0.15) is 0 Å². The minimum atomic E-state index is -1.01.